The standard InChI is InChI=1S/C36H40F4N8O3/c1-5-8-22-13-24(41)31(37)29(30(22)36(38,39)40)27-14-25-23(19-50-27)32(44-34(43-25)51-20-35-9-6-12-48(35)16-21(2)15-35)47-11-7-10-46-17-26(33(49)45(3)4)42-28(46)18-47/h13,17,27H,2,6-7,9-12,14-16,18-20,41H2,1,3-4H3/t27-,35+/m1/s1. The van der Waals surface area contributed by atoms with E-state index in [1.807, 2.05) is 9.47 Å². The molecule has 4 aliphatic rings. The fourth-order valence-corrected chi connectivity index (χ4v) is 7.90. The van der Waals surface area contributed by atoms with Crippen molar-refractivity contribution in [1.82, 2.24) is 29.3 Å². The van der Waals surface area contributed by atoms with Gasteiger partial charge in [0, 0.05) is 63.0 Å². The smallest absolute Gasteiger partial charge is 0.418 e. The Labute approximate surface area is 293 Å². The molecule has 2 atom stereocenters. The highest BCUT2D eigenvalue weighted by molar-refractivity contribution is 5.91. The number of fused-ring (bicyclic) bond motifs is 3. The van der Waals surface area contributed by atoms with Crippen LogP contribution in [0.1, 0.15) is 83.0 Å². The molecule has 11 nitrogen and oxygen atoms in total. The van der Waals surface area contributed by atoms with Gasteiger partial charge in [-0.15, -0.1) is 5.92 Å². The molecule has 15 heteroatoms. The number of ether oxygens (including phenoxy) is 2. The van der Waals surface area contributed by atoms with Crippen molar-refractivity contribution in [3.05, 3.63) is 69.7 Å². The predicted octanol–water partition coefficient (Wildman–Crippen LogP) is 4.88. The maximum atomic E-state index is 15.7. The number of anilines is 2. The van der Waals surface area contributed by atoms with E-state index in [0.29, 0.717) is 61.3 Å². The molecule has 2 N–H and O–H groups in total. The number of nitrogen functional groups attached to an aromatic ring is 1. The number of imidazole rings is 1. The van der Waals surface area contributed by atoms with Crippen LogP contribution < -0.4 is 15.4 Å². The highest BCUT2D eigenvalue weighted by Crippen LogP contribution is 2.45. The SMILES string of the molecule is C=C1CN2CCC[C@@]2(COc2nc3c(c(N4CCCn5cc(C(=O)N(C)C)nc5C4)n2)CO[C@@H](c2c(F)c(N)cc(C#CC)c2C(F)(F)F)C3)C1. The number of halogens is 4. The van der Waals surface area contributed by atoms with E-state index in [0.717, 1.165) is 44.0 Å². The molecule has 0 bridgehead atoms. The Balaban J connectivity index is 1.29. The highest BCUT2D eigenvalue weighted by Gasteiger charge is 2.47. The normalized spacial score (nSPS) is 21.7. The summed E-state index contributed by atoms with van der Waals surface area (Å²) in [7, 11) is 3.33. The van der Waals surface area contributed by atoms with Gasteiger partial charge >= 0.3 is 12.2 Å². The average molecular weight is 709 g/mol. The number of carbonyl (C=O) groups is 1. The van der Waals surface area contributed by atoms with Crippen LogP contribution in [-0.4, -0.2) is 81.1 Å². The lowest BCUT2D eigenvalue weighted by atomic mass is 9.91. The molecule has 0 unspecified atom stereocenters. The molecule has 3 aromatic rings. The van der Waals surface area contributed by atoms with Crippen LogP contribution in [0, 0.1) is 17.7 Å². The number of hydrogen-bond donors (Lipinski definition) is 1. The quantitative estimate of drug-likeness (QED) is 0.166. The van der Waals surface area contributed by atoms with Gasteiger partial charge in [0.15, 0.2) is 5.82 Å². The number of nitrogens with zero attached hydrogens (tertiary/aromatic N) is 7. The van der Waals surface area contributed by atoms with Crippen molar-refractivity contribution in [1.29, 1.82) is 0 Å². The second-order valence-electron chi connectivity index (χ2n) is 13.9. The Morgan fingerprint density at radius 3 is 2.75 bits per heavy atom. The molecule has 1 amide bonds. The van der Waals surface area contributed by atoms with Crippen molar-refractivity contribution in [2.24, 2.45) is 0 Å². The van der Waals surface area contributed by atoms with Crippen molar-refractivity contribution >= 4 is 17.4 Å². The Hall–Kier alpha value is -4.68. The van der Waals surface area contributed by atoms with E-state index in [4.69, 9.17) is 25.2 Å². The summed E-state index contributed by atoms with van der Waals surface area (Å²) in [5.74, 6) is 4.64. The van der Waals surface area contributed by atoms with Crippen molar-refractivity contribution in [3.8, 4) is 17.9 Å². The molecule has 2 fully saturated rings. The summed E-state index contributed by atoms with van der Waals surface area (Å²) in [6.45, 7) is 8.94. The van der Waals surface area contributed by atoms with Gasteiger partial charge in [0.05, 0.1) is 41.7 Å². The second-order valence-corrected chi connectivity index (χ2v) is 13.9. The van der Waals surface area contributed by atoms with Gasteiger partial charge in [0.2, 0.25) is 0 Å². The Kier molecular flexibility index (Phi) is 8.95. The number of amides is 1. The van der Waals surface area contributed by atoms with Gasteiger partial charge < -0.3 is 29.6 Å². The van der Waals surface area contributed by atoms with Gasteiger partial charge in [0.1, 0.15) is 23.9 Å². The van der Waals surface area contributed by atoms with Gasteiger partial charge in [-0.1, -0.05) is 18.1 Å². The van der Waals surface area contributed by atoms with E-state index >= 15 is 4.39 Å². The molecule has 7 rings (SSSR count). The first-order valence-electron chi connectivity index (χ1n) is 17.0. The van der Waals surface area contributed by atoms with E-state index in [1.165, 1.54) is 11.8 Å². The summed E-state index contributed by atoms with van der Waals surface area (Å²) >= 11 is 0. The molecular weight excluding hydrogens is 668 g/mol. The predicted molar refractivity (Wildman–Crippen MR) is 180 cm³/mol. The van der Waals surface area contributed by atoms with Crippen LogP contribution in [0.15, 0.2) is 24.4 Å². The fourth-order valence-electron chi connectivity index (χ4n) is 7.90. The summed E-state index contributed by atoms with van der Waals surface area (Å²) in [4.78, 5) is 32.8. The lowest BCUT2D eigenvalue weighted by Crippen LogP contribution is -2.43. The van der Waals surface area contributed by atoms with E-state index in [2.05, 4.69) is 28.3 Å². The molecule has 1 aromatic carbocycles. The minimum absolute atomic E-state index is 0.0702. The van der Waals surface area contributed by atoms with Gasteiger partial charge in [-0.3, -0.25) is 9.69 Å². The lowest BCUT2D eigenvalue weighted by molar-refractivity contribution is -0.140. The molecule has 0 radical (unpaired) electrons. The van der Waals surface area contributed by atoms with Gasteiger partial charge in [-0.25, -0.2) is 9.37 Å². The minimum Gasteiger partial charge on any atom is -0.461 e. The second kappa shape index (κ2) is 13.1. The molecule has 0 aliphatic carbocycles. The average Bonchev–Trinajstić information content (AvgIpc) is 3.70. The van der Waals surface area contributed by atoms with Crippen LogP contribution >= 0.6 is 0 Å². The lowest BCUT2D eigenvalue weighted by Gasteiger charge is -2.33. The summed E-state index contributed by atoms with van der Waals surface area (Å²) in [5, 5.41) is 0. The van der Waals surface area contributed by atoms with Crippen molar-refractivity contribution in [2.75, 3.05) is 51.0 Å². The van der Waals surface area contributed by atoms with Crippen LogP contribution in [0.3, 0.4) is 0 Å². The maximum absolute atomic E-state index is 15.7. The number of hydrogen-bond acceptors (Lipinski definition) is 9. The molecule has 270 valence electrons. The topological polar surface area (TPSA) is 115 Å². The molecule has 0 saturated carbocycles. The van der Waals surface area contributed by atoms with E-state index < -0.39 is 40.5 Å². The molecule has 2 saturated heterocycles. The monoisotopic (exact) mass is 708 g/mol. The molecule has 6 heterocycles. The maximum Gasteiger partial charge on any atom is 0.418 e. The summed E-state index contributed by atoms with van der Waals surface area (Å²) in [6, 6.07) is 0.978. The number of nitrogens with two attached hydrogens (primary N) is 1. The van der Waals surface area contributed by atoms with Crippen LogP contribution in [0.2, 0.25) is 0 Å². The fraction of sp³-hybridized carbons (Fsp3) is 0.500. The number of benzene rings is 1. The third-order valence-corrected chi connectivity index (χ3v) is 10.2. The van der Waals surface area contributed by atoms with Crippen LogP contribution in [0.25, 0.3) is 0 Å². The van der Waals surface area contributed by atoms with Crippen LogP contribution in [0.4, 0.5) is 29.1 Å². The summed E-state index contributed by atoms with van der Waals surface area (Å²) < 4.78 is 73.8. The zero-order valence-corrected chi connectivity index (χ0v) is 28.9. The first-order valence-corrected chi connectivity index (χ1v) is 17.0. The van der Waals surface area contributed by atoms with Gasteiger partial charge in [-0.05, 0) is 45.2 Å². The highest BCUT2D eigenvalue weighted by atomic mass is 19.4. The number of alkyl halides is 3. The summed E-state index contributed by atoms with van der Waals surface area (Å²) in [6.07, 6.45) is -1.29. The largest absolute Gasteiger partial charge is 0.461 e. The van der Waals surface area contributed by atoms with Crippen LogP contribution in [0.5, 0.6) is 6.01 Å². The Bertz CT molecular complexity index is 1970. The number of rotatable bonds is 6. The molecule has 0 spiro atoms. The summed E-state index contributed by atoms with van der Waals surface area (Å²) in [5.41, 5.74) is 5.27. The van der Waals surface area contributed by atoms with Crippen molar-refractivity contribution < 1.29 is 31.8 Å². The van der Waals surface area contributed by atoms with Gasteiger partial charge in [-0.2, -0.15) is 23.1 Å². The number of carbonyl (C=O) groups excluding carboxylic acids is 1. The molecule has 4 aliphatic heterocycles. The third-order valence-electron chi connectivity index (χ3n) is 10.2. The zero-order chi connectivity index (χ0) is 36.2. The first-order chi connectivity index (χ1) is 24.3. The van der Waals surface area contributed by atoms with Gasteiger partial charge in [0.25, 0.3) is 5.91 Å². The van der Waals surface area contributed by atoms with E-state index in [9.17, 15) is 18.0 Å². The van der Waals surface area contributed by atoms with Crippen LogP contribution in [-0.2, 0) is 37.0 Å². The Morgan fingerprint density at radius 2 is 2.00 bits per heavy atom. The number of aromatic nitrogens is 4. The van der Waals surface area contributed by atoms with Crippen molar-refractivity contribution in [2.45, 2.75) is 76.5 Å². The zero-order valence-electron chi connectivity index (χ0n) is 28.9. The third kappa shape index (κ3) is 6.40. The minimum atomic E-state index is -4.93. The van der Waals surface area contributed by atoms with E-state index in [-0.39, 0.29) is 30.5 Å². The molecule has 51 heavy (non-hydrogen) atoms. The Morgan fingerprint density at radius 1 is 1.20 bits per heavy atom. The number of aryl methyl sites for hydroxylation is 1. The van der Waals surface area contributed by atoms with Crippen molar-refractivity contribution in [3.63, 3.8) is 0 Å². The first kappa shape index (κ1) is 34.8. The molecular formula is C36H40F4N8O3. The molecule has 2 aromatic heterocycles. The van der Waals surface area contributed by atoms with E-state index in [1.54, 1.807) is 20.3 Å².